The lowest BCUT2D eigenvalue weighted by atomic mass is 10.0. The zero-order chi connectivity index (χ0) is 33.7. The molecule has 240 valence electrons. The molecule has 0 unspecified atom stereocenters. The standard InChI is InChI=1S/C47H31N3S/c1-3-12-32(13-4-1)34-14-11-17-37(30-34)49(36-24-22-33(23-25-36)39-28-29-48-47-46(39)42-19-8-10-21-45(42)51-47)38-26-27-41-40-18-7-9-20-43(40)50(44(41)31-38)35-15-5-2-6-16-35/h1-31H. The number of hydrogen-bond donors (Lipinski definition) is 0. The first-order chi connectivity index (χ1) is 25.3. The van der Waals surface area contributed by atoms with Gasteiger partial charge in [-0.15, -0.1) is 11.3 Å². The number of hydrogen-bond acceptors (Lipinski definition) is 3. The number of aromatic nitrogens is 2. The Balaban J connectivity index is 1.16. The van der Waals surface area contributed by atoms with Gasteiger partial charge in [0, 0.05) is 55.2 Å². The molecule has 0 aliphatic carbocycles. The predicted octanol–water partition coefficient (Wildman–Crippen LogP) is 13.4. The van der Waals surface area contributed by atoms with Crippen molar-refractivity contribution in [3.8, 4) is 27.9 Å². The van der Waals surface area contributed by atoms with Crippen LogP contribution in [0.3, 0.4) is 0 Å². The van der Waals surface area contributed by atoms with Gasteiger partial charge in [-0.3, -0.25) is 0 Å². The van der Waals surface area contributed by atoms with Crippen molar-refractivity contribution in [1.82, 2.24) is 9.55 Å². The number of pyridine rings is 1. The number of nitrogens with zero attached hydrogens (tertiary/aromatic N) is 3. The topological polar surface area (TPSA) is 21.1 Å². The highest BCUT2D eigenvalue weighted by Crippen LogP contribution is 2.43. The maximum Gasteiger partial charge on any atom is 0.125 e. The maximum atomic E-state index is 4.74. The van der Waals surface area contributed by atoms with Crippen molar-refractivity contribution in [2.24, 2.45) is 0 Å². The molecule has 0 aliphatic rings. The molecule has 4 heteroatoms. The summed E-state index contributed by atoms with van der Waals surface area (Å²) in [5, 5.41) is 4.95. The van der Waals surface area contributed by atoms with Crippen LogP contribution >= 0.6 is 11.3 Å². The Hall–Kier alpha value is -6.49. The maximum absolute atomic E-state index is 4.74. The minimum Gasteiger partial charge on any atom is -0.310 e. The van der Waals surface area contributed by atoms with Crippen LogP contribution < -0.4 is 4.90 Å². The molecule has 10 aromatic rings. The van der Waals surface area contributed by atoms with Crippen molar-refractivity contribution in [3.05, 3.63) is 188 Å². The second kappa shape index (κ2) is 12.1. The molecule has 0 spiro atoms. The van der Waals surface area contributed by atoms with E-state index in [2.05, 4.69) is 191 Å². The zero-order valence-electron chi connectivity index (χ0n) is 27.6. The third-order valence-electron chi connectivity index (χ3n) is 9.86. The zero-order valence-corrected chi connectivity index (χ0v) is 28.5. The van der Waals surface area contributed by atoms with Gasteiger partial charge in [0.2, 0.25) is 0 Å². The largest absolute Gasteiger partial charge is 0.310 e. The molecule has 7 aromatic carbocycles. The molecule has 0 radical (unpaired) electrons. The van der Waals surface area contributed by atoms with Crippen LogP contribution in [0, 0.1) is 0 Å². The molecule has 0 atom stereocenters. The number of thiophene rings is 1. The van der Waals surface area contributed by atoms with Crippen LogP contribution in [0.5, 0.6) is 0 Å². The molecule has 0 bridgehead atoms. The number of benzene rings is 7. The summed E-state index contributed by atoms with van der Waals surface area (Å²) in [6.45, 7) is 0. The van der Waals surface area contributed by atoms with E-state index in [1.54, 1.807) is 11.3 Å². The van der Waals surface area contributed by atoms with Crippen LogP contribution in [0.15, 0.2) is 188 Å². The van der Waals surface area contributed by atoms with Crippen LogP contribution in [0.4, 0.5) is 17.1 Å². The summed E-state index contributed by atoms with van der Waals surface area (Å²) in [4.78, 5) is 8.19. The second-order valence-corrected chi connectivity index (χ2v) is 13.9. The van der Waals surface area contributed by atoms with Crippen LogP contribution in [-0.2, 0) is 0 Å². The van der Waals surface area contributed by atoms with E-state index in [0.29, 0.717) is 0 Å². The van der Waals surface area contributed by atoms with Gasteiger partial charge in [-0.2, -0.15) is 0 Å². The first-order valence-corrected chi connectivity index (χ1v) is 18.0. The third-order valence-corrected chi connectivity index (χ3v) is 10.9. The highest BCUT2D eigenvalue weighted by Gasteiger charge is 2.19. The molecule has 51 heavy (non-hydrogen) atoms. The van der Waals surface area contributed by atoms with Gasteiger partial charge in [0.15, 0.2) is 0 Å². The lowest BCUT2D eigenvalue weighted by Gasteiger charge is -2.26. The van der Waals surface area contributed by atoms with E-state index in [-0.39, 0.29) is 0 Å². The van der Waals surface area contributed by atoms with Crippen molar-refractivity contribution in [1.29, 1.82) is 0 Å². The molecule has 3 nitrogen and oxygen atoms in total. The molecule has 3 aromatic heterocycles. The third kappa shape index (κ3) is 5.00. The Morgan fingerprint density at radius 2 is 1.12 bits per heavy atom. The molecule has 3 heterocycles. The van der Waals surface area contributed by atoms with Gasteiger partial charge in [-0.05, 0) is 89.0 Å². The van der Waals surface area contributed by atoms with E-state index >= 15 is 0 Å². The molecule has 0 aliphatic heterocycles. The smallest absolute Gasteiger partial charge is 0.125 e. The Kier molecular flexibility index (Phi) is 7.00. The van der Waals surface area contributed by atoms with E-state index in [1.807, 2.05) is 6.20 Å². The van der Waals surface area contributed by atoms with Crippen LogP contribution in [-0.4, -0.2) is 9.55 Å². The van der Waals surface area contributed by atoms with Crippen molar-refractivity contribution in [2.45, 2.75) is 0 Å². The lowest BCUT2D eigenvalue weighted by molar-refractivity contribution is 1.18. The Morgan fingerprint density at radius 1 is 0.451 bits per heavy atom. The average molecular weight is 670 g/mol. The Bertz CT molecular complexity index is 2850. The Morgan fingerprint density at radius 3 is 1.96 bits per heavy atom. The van der Waals surface area contributed by atoms with Gasteiger partial charge < -0.3 is 9.47 Å². The summed E-state index contributed by atoms with van der Waals surface area (Å²) >= 11 is 1.75. The minimum absolute atomic E-state index is 1.07. The van der Waals surface area contributed by atoms with Crippen LogP contribution in [0.25, 0.3) is 70.0 Å². The van der Waals surface area contributed by atoms with Crippen molar-refractivity contribution in [3.63, 3.8) is 0 Å². The first kappa shape index (κ1) is 29.4. The van der Waals surface area contributed by atoms with Gasteiger partial charge in [-0.25, -0.2) is 4.98 Å². The molecule has 0 saturated carbocycles. The summed E-state index contributed by atoms with van der Waals surface area (Å²) in [5.74, 6) is 0. The quantitative estimate of drug-likeness (QED) is 0.176. The molecule has 0 amide bonds. The molecule has 10 rings (SSSR count). The Labute approximate surface area is 299 Å². The SMILES string of the molecule is c1ccc(-c2cccc(N(c3ccc(-c4ccnc5sc6ccccc6c45)cc3)c3ccc4c5ccccc5n(-c5ccccc5)c4c3)c2)cc1. The lowest BCUT2D eigenvalue weighted by Crippen LogP contribution is -2.10. The highest BCUT2D eigenvalue weighted by atomic mass is 32.1. The molecule has 0 saturated heterocycles. The van der Waals surface area contributed by atoms with E-state index in [0.717, 1.165) is 27.6 Å². The van der Waals surface area contributed by atoms with Gasteiger partial charge in [0.25, 0.3) is 0 Å². The fourth-order valence-corrected chi connectivity index (χ4v) is 8.60. The van der Waals surface area contributed by atoms with E-state index in [4.69, 9.17) is 4.98 Å². The monoisotopic (exact) mass is 669 g/mol. The molecule has 0 fully saturated rings. The fraction of sp³-hybridized carbons (Fsp3) is 0. The van der Waals surface area contributed by atoms with Crippen molar-refractivity contribution >= 4 is 70.5 Å². The van der Waals surface area contributed by atoms with Gasteiger partial charge >= 0.3 is 0 Å². The van der Waals surface area contributed by atoms with E-state index in [1.165, 1.54) is 59.5 Å². The number of rotatable bonds is 6. The molecule has 0 N–H and O–H groups in total. The summed E-state index contributed by atoms with van der Waals surface area (Å²) in [5.41, 5.74) is 11.5. The predicted molar refractivity (Wildman–Crippen MR) is 217 cm³/mol. The van der Waals surface area contributed by atoms with Crippen LogP contribution in [0.2, 0.25) is 0 Å². The van der Waals surface area contributed by atoms with Gasteiger partial charge in [-0.1, -0.05) is 115 Å². The first-order valence-electron chi connectivity index (χ1n) is 17.2. The van der Waals surface area contributed by atoms with E-state index < -0.39 is 0 Å². The summed E-state index contributed by atoms with van der Waals surface area (Å²) < 4.78 is 3.65. The average Bonchev–Trinajstić information content (AvgIpc) is 3.75. The number of fused-ring (bicyclic) bond motifs is 6. The highest BCUT2D eigenvalue weighted by molar-refractivity contribution is 7.25. The summed E-state index contributed by atoms with van der Waals surface area (Å²) in [7, 11) is 0. The van der Waals surface area contributed by atoms with Gasteiger partial charge in [0.1, 0.15) is 4.83 Å². The van der Waals surface area contributed by atoms with Crippen molar-refractivity contribution < 1.29 is 0 Å². The second-order valence-electron chi connectivity index (χ2n) is 12.8. The fourth-order valence-electron chi connectivity index (χ4n) is 7.53. The van der Waals surface area contributed by atoms with Gasteiger partial charge in [0.05, 0.1) is 11.0 Å². The summed E-state index contributed by atoms with van der Waals surface area (Å²) in [6.07, 6.45) is 1.93. The van der Waals surface area contributed by atoms with Crippen molar-refractivity contribution in [2.75, 3.05) is 4.90 Å². The molecular formula is C47H31N3S. The number of anilines is 3. The van der Waals surface area contributed by atoms with E-state index in [9.17, 15) is 0 Å². The number of para-hydroxylation sites is 2. The minimum atomic E-state index is 1.07. The van der Waals surface area contributed by atoms with Crippen LogP contribution in [0.1, 0.15) is 0 Å². The summed E-state index contributed by atoms with van der Waals surface area (Å²) in [6, 6.07) is 65.5. The normalized spacial score (nSPS) is 11.5. The molecular weight excluding hydrogens is 639 g/mol.